The summed E-state index contributed by atoms with van der Waals surface area (Å²) < 4.78 is 13.4. The van der Waals surface area contributed by atoms with Crippen molar-refractivity contribution in [2.24, 2.45) is 0 Å². The van der Waals surface area contributed by atoms with Gasteiger partial charge in [0.15, 0.2) is 17.4 Å². The maximum atomic E-state index is 6.66. The van der Waals surface area contributed by atoms with E-state index in [-0.39, 0.29) is 0 Å². The standard InChI is InChI=1S/C48H41N4O/c1-32(2)39-19-13-20-40(33(3)4)48(39)34-26-27-49-47(28-34)52-43-21-9-8-18-41(43)42-25-24-38(30-46(42)52)53-37-17-12-16-36(29-37)51-31-50(35-14-6-5-7-15-35)44-22-10-11-23-45(44)51/h5-33H,1-4H3/q+1. The molecule has 0 N–H and O–H groups in total. The molecule has 0 saturated carbocycles. The van der Waals surface area contributed by atoms with Gasteiger partial charge >= 0.3 is 0 Å². The van der Waals surface area contributed by atoms with Crippen LogP contribution in [0.5, 0.6) is 11.5 Å². The van der Waals surface area contributed by atoms with Gasteiger partial charge in [0.2, 0.25) is 0 Å². The first kappa shape index (κ1) is 32.4. The van der Waals surface area contributed by atoms with Gasteiger partial charge in [0.05, 0.1) is 11.0 Å². The Morgan fingerprint density at radius 2 is 1.11 bits per heavy atom. The summed E-state index contributed by atoms with van der Waals surface area (Å²) >= 11 is 0. The Morgan fingerprint density at radius 3 is 1.85 bits per heavy atom. The van der Waals surface area contributed by atoms with Crippen molar-refractivity contribution in [2.45, 2.75) is 39.5 Å². The lowest BCUT2D eigenvalue weighted by Crippen LogP contribution is -2.02. The smallest absolute Gasteiger partial charge is 0.168 e. The molecule has 6 aromatic carbocycles. The van der Waals surface area contributed by atoms with Crippen molar-refractivity contribution in [1.29, 1.82) is 0 Å². The van der Waals surface area contributed by atoms with Gasteiger partial charge in [-0.15, -0.1) is 0 Å². The molecule has 0 saturated heterocycles. The molecule has 0 aliphatic carbocycles. The Bertz CT molecular complexity index is 2750. The van der Waals surface area contributed by atoms with E-state index in [1.807, 2.05) is 18.3 Å². The molecule has 3 aromatic heterocycles. The van der Waals surface area contributed by atoms with E-state index in [9.17, 15) is 0 Å². The van der Waals surface area contributed by atoms with Gasteiger partial charge < -0.3 is 4.74 Å². The highest BCUT2D eigenvalue weighted by molar-refractivity contribution is 6.09. The second-order valence-corrected chi connectivity index (χ2v) is 14.3. The van der Waals surface area contributed by atoms with Crippen LogP contribution in [-0.4, -0.2) is 18.7 Å². The minimum Gasteiger partial charge on any atom is -0.456 e. The maximum Gasteiger partial charge on any atom is 0.168 e. The largest absolute Gasteiger partial charge is 0.456 e. The molecule has 0 atom stereocenters. The molecule has 0 aliphatic rings. The van der Waals surface area contributed by atoms with Gasteiger partial charge in [-0.3, -0.25) is 4.57 Å². The first-order valence-corrected chi connectivity index (χ1v) is 18.4. The molecule has 0 radical (unpaired) electrons. The number of imidazole rings is 1. The number of benzene rings is 6. The van der Waals surface area contributed by atoms with E-state index in [0.717, 1.165) is 56.1 Å². The molecule has 0 fully saturated rings. The topological polar surface area (TPSA) is 36.9 Å². The number of ether oxygens (including phenoxy) is 1. The fourth-order valence-electron chi connectivity index (χ4n) is 7.79. The summed E-state index contributed by atoms with van der Waals surface area (Å²) in [5.74, 6) is 3.20. The van der Waals surface area contributed by atoms with Gasteiger partial charge in [-0.05, 0) is 94.8 Å². The Labute approximate surface area is 310 Å². The number of pyridine rings is 1. The lowest BCUT2D eigenvalue weighted by atomic mass is 9.85. The lowest BCUT2D eigenvalue weighted by Gasteiger charge is -2.20. The summed E-state index contributed by atoms with van der Waals surface area (Å²) in [5.41, 5.74) is 11.8. The molecule has 5 heteroatoms. The van der Waals surface area contributed by atoms with E-state index in [1.54, 1.807) is 0 Å². The van der Waals surface area contributed by atoms with E-state index < -0.39 is 0 Å². The molecule has 3 heterocycles. The number of aromatic nitrogens is 4. The zero-order valence-corrected chi connectivity index (χ0v) is 30.4. The summed E-state index contributed by atoms with van der Waals surface area (Å²) in [5, 5.41) is 2.34. The molecule has 258 valence electrons. The van der Waals surface area contributed by atoms with Gasteiger partial charge in [-0.2, -0.15) is 9.13 Å². The van der Waals surface area contributed by atoms with Crippen molar-refractivity contribution in [3.8, 4) is 39.8 Å². The molecule has 9 rings (SSSR count). The molecular weight excluding hydrogens is 649 g/mol. The molecule has 0 amide bonds. The van der Waals surface area contributed by atoms with Crippen LogP contribution in [0, 0.1) is 0 Å². The maximum absolute atomic E-state index is 6.66. The summed E-state index contributed by atoms with van der Waals surface area (Å²) in [6.07, 6.45) is 4.10. The molecule has 0 aliphatic heterocycles. The fraction of sp³-hybridized carbons (Fsp3) is 0.125. The van der Waals surface area contributed by atoms with Gasteiger partial charge in [0.25, 0.3) is 0 Å². The van der Waals surface area contributed by atoms with Gasteiger partial charge in [-0.25, -0.2) is 4.98 Å². The van der Waals surface area contributed by atoms with Crippen LogP contribution in [0.4, 0.5) is 0 Å². The van der Waals surface area contributed by atoms with Crippen LogP contribution < -0.4 is 4.74 Å². The van der Waals surface area contributed by atoms with Gasteiger partial charge in [0, 0.05) is 41.2 Å². The van der Waals surface area contributed by atoms with Gasteiger partial charge in [-0.1, -0.05) is 94.4 Å². The molecule has 0 spiro atoms. The van der Waals surface area contributed by atoms with E-state index >= 15 is 0 Å². The first-order chi connectivity index (χ1) is 25.9. The highest BCUT2D eigenvalue weighted by atomic mass is 16.5. The summed E-state index contributed by atoms with van der Waals surface area (Å²) in [6, 6.07) is 53.3. The second kappa shape index (κ2) is 13.3. The minimum absolute atomic E-state index is 0.396. The summed E-state index contributed by atoms with van der Waals surface area (Å²) in [7, 11) is 0. The predicted octanol–water partition coefficient (Wildman–Crippen LogP) is 12.9. The second-order valence-electron chi connectivity index (χ2n) is 14.3. The highest BCUT2D eigenvalue weighted by Gasteiger charge is 2.20. The SMILES string of the molecule is CC(C)c1cccc(C(C)C)c1-c1ccnc(-n2c3ccccc3c3ccc(Oc4cccc(-n5[cH+]n(-c6ccccc6)c6ccccc65)c4)cc32)c1. The predicted molar refractivity (Wildman–Crippen MR) is 219 cm³/mol. The number of nitrogens with zero attached hydrogens (tertiary/aromatic N) is 4. The Morgan fingerprint density at radius 1 is 0.509 bits per heavy atom. The molecular formula is C48H41N4O+. The molecule has 9 aromatic rings. The number of rotatable bonds is 8. The molecule has 0 bridgehead atoms. The normalized spacial score (nSPS) is 11.7. The van der Waals surface area contributed by atoms with Crippen LogP contribution >= 0.6 is 0 Å². The van der Waals surface area contributed by atoms with Crippen LogP contribution in [0.15, 0.2) is 164 Å². The van der Waals surface area contributed by atoms with E-state index in [2.05, 4.69) is 187 Å². The van der Waals surface area contributed by atoms with E-state index in [1.165, 1.54) is 27.6 Å². The van der Waals surface area contributed by atoms with Crippen molar-refractivity contribution in [3.63, 3.8) is 0 Å². The molecule has 53 heavy (non-hydrogen) atoms. The Balaban J connectivity index is 1.13. The van der Waals surface area contributed by atoms with Crippen LogP contribution in [0.25, 0.3) is 61.2 Å². The Hall–Kier alpha value is -6.46. The highest BCUT2D eigenvalue weighted by Crippen LogP contribution is 2.39. The number of hydrogen-bond acceptors (Lipinski definition) is 2. The zero-order valence-electron chi connectivity index (χ0n) is 30.4. The molecule has 5 nitrogen and oxygen atoms in total. The molecule has 0 unspecified atom stereocenters. The lowest BCUT2D eigenvalue weighted by molar-refractivity contribution is 0.483. The average Bonchev–Trinajstić information content (AvgIpc) is 3.74. The quantitative estimate of drug-likeness (QED) is 0.149. The third kappa shape index (κ3) is 5.75. The van der Waals surface area contributed by atoms with Crippen LogP contribution in [-0.2, 0) is 0 Å². The van der Waals surface area contributed by atoms with Crippen molar-refractivity contribution in [2.75, 3.05) is 0 Å². The van der Waals surface area contributed by atoms with Crippen molar-refractivity contribution < 1.29 is 4.74 Å². The van der Waals surface area contributed by atoms with Crippen LogP contribution in [0.3, 0.4) is 0 Å². The van der Waals surface area contributed by atoms with E-state index in [0.29, 0.717) is 11.8 Å². The summed E-state index contributed by atoms with van der Waals surface area (Å²) in [6.45, 7) is 9.10. The van der Waals surface area contributed by atoms with Crippen molar-refractivity contribution in [1.82, 2.24) is 18.7 Å². The fourth-order valence-corrected chi connectivity index (χ4v) is 7.79. The van der Waals surface area contributed by atoms with Crippen molar-refractivity contribution in [3.05, 3.63) is 175 Å². The minimum atomic E-state index is 0.396. The summed E-state index contributed by atoms with van der Waals surface area (Å²) in [4.78, 5) is 4.98. The van der Waals surface area contributed by atoms with Crippen LogP contribution in [0.1, 0.15) is 50.7 Å². The number of para-hydroxylation sites is 4. The monoisotopic (exact) mass is 689 g/mol. The van der Waals surface area contributed by atoms with Crippen LogP contribution in [0.2, 0.25) is 0 Å². The Kier molecular flexibility index (Phi) is 8.12. The number of fused-ring (bicyclic) bond motifs is 4. The first-order valence-electron chi connectivity index (χ1n) is 18.4. The van der Waals surface area contributed by atoms with E-state index in [4.69, 9.17) is 9.72 Å². The van der Waals surface area contributed by atoms with Gasteiger partial charge in [0.1, 0.15) is 28.7 Å². The van der Waals surface area contributed by atoms with Crippen molar-refractivity contribution >= 4 is 32.8 Å². The third-order valence-electron chi connectivity index (χ3n) is 10.3. The third-order valence-corrected chi connectivity index (χ3v) is 10.3. The average molecular weight is 690 g/mol. The number of hydrogen-bond donors (Lipinski definition) is 0. The zero-order chi connectivity index (χ0) is 36.1.